The molecule has 27 heavy (non-hydrogen) atoms. The van der Waals surface area contributed by atoms with Crippen LogP contribution in [0.25, 0.3) is 4.85 Å². The molecule has 1 aromatic carbocycles. The van der Waals surface area contributed by atoms with Crippen LogP contribution in [0.5, 0.6) is 0 Å². The van der Waals surface area contributed by atoms with Gasteiger partial charge >= 0.3 is 0 Å². The van der Waals surface area contributed by atoms with Crippen molar-refractivity contribution in [1.82, 2.24) is 4.98 Å². The van der Waals surface area contributed by atoms with Crippen molar-refractivity contribution in [2.75, 3.05) is 0 Å². The second kappa shape index (κ2) is 10.8. The van der Waals surface area contributed by atoms with Crippen molar-refractivity contribution < 1.29 is 42.9 Å². The van der Waals surface area contributed by atoms with Gasteiger partial charge in [0.15, 0.2) is 0 Å². The Bertz CT molecular complexity index is 730. The molecule has 0 amide bonds. The summed E-state index contributed by atoms with van der Waals surface area (Å²) in [5.74, 6) is 0.151. The van der Waals surface area contributed by atoms with Crippen LogP contribution in [-0.4, -0.2) is 27.3 Å². The molecule has 1 radical (unpaired) electrons. The van der Waals surface area contributed by atoms with Gasteiger partial charge in [-0.15, -0.1) is 0 Å². The van der Waals surface area contributed by atoms with Crippen LogP contribution < -0.4 is 0 Å². The Morgan fingerprint density at radius 3 is 2.70 bits per heavy atom. The summed E-state index contributed by atoms with van der Waals surface area (Å²) in [4.78, 5) is 8.08. The molecular weight excluding hydrogens is 433 g/mol. The number of benzene rings is 1. The van der Waals surface area contributed by atoms with E-state index in [0.717, 1.165) is 35.4 Å². The van der Waals surface area contributed by atoms with Crippen molar-refractivity contribution in [3.8, 4) is 0 Å². The van der Waals surface area contributed by atoms with Crippen molar-refractivity contribution >= 4 is 11.3 Å². The predicted octanol–water partition coefficient (Wildman–Crippen LogP) is 4.16. The van der Waals surface area contributed by atoms with E-state index in [1.807, 2.05) is 31.2 Å². The molecule has 5 atom stereocenters. The molecule has 3 rings (SSSR count). The Morgan fingerprint density at radius 1 is 1.37 bits per heavy atom. The van der Waals surface area contributed by atoms with Gasteiger partial charge in [0.25, 0.3) is 0 Å². The average Bonchev–Trinajstić information content (AvgIpc) is 3.29. The second-order valence-corrected chi connectivity index (χ2v) is 7.96. The molecule has 4 nitrogen and oxygen atoms in total. The molecule has 1 saturated carbocycles. The molecule has 2 N–H and O–H groups in total. The second-order valence-electron chi connectivity index (χ2n) is 7.04. The van der Waals surface area contributed by atoms with Gasteiger partial charge in [0.05, 0.1) is 12.2 Å². The zero-order valence-corrected chi connectivity index (χ0v) is 19.2. The van der Waals surface area contributed by atoms with Gasteiger partial charge in [0.2, 0.25) is 6.04 Å². The molecule has 0 saturated heterocycles. The molecule has 1 aromatic heterocycles. The largest absolute Gasteiger partial charge is 0.392 e. The number of nitrogens with zero attached hydrogens (tertiary/aromatic N) is 2. The Kier molecular flexibility index (Phi) is 9.05. The van der Waals surface area contributed by atoms with Gasteiger partial charge < -0.3 is 31.4 Å². The number of hydrogen-bond acceptors (Lipinski definition) is 4. The summed E-state index contributed by atoms with van der Waals surface area (Å²) in [5.41, 5.74) is 1.98. The summed E-state index contributed by atoms with van der Waals surface area (Å²) in [6.07, 6.45) is 4.79. The van der Waals surface area contributed by atoms with Crippen LogP contribution in [0.1, 0.15) is 60.8 Å². The number of aliphatic hydroxyl groups excluding tert-OH is 2. The van der Waals surface area contributed by atoms with Gasteiger partial charge in [0, 0.05) is 51.0 Å². The van der Waals surface area contributed by atoms with E-state index < -0.39 is 12.2 Å². The smallest absolute Gasteiger partial charge is 0.229 e. The first-order valence-corrected chi connectivity index (χ1v) is 10.1. The molecule has 1 fully saturated rings. The summed E-state index contributed by atoms with van der Waals surface area (Å²) in [5, 5.41) is 24.7. The fraction of sp³-hybridized carbons (Fsp3) is 0.524. The van der Waals surface area contributed by atoms with Crippen LogP contribution in [0, 0.1) is 17.9 Å². The maximum atomic E-state index is 10.6. The van der Waals surface area contributed by atoms with Gasteiger partial charge in [-0.25, -0.2) is 6.57 Å². The third-order valence-corrected chi connectivity index (χ3v) is 6.25. The minimum Gasteiger partial charge on any atom is -0.392 e. The Hall–Kier alpha value is -0.636. The first kappa shape index (κ1) is 22.7. The summed E-state index contributed by atoms with van der Waals surface area (Å²) in [6, 6.07) is 7.79. The minimum atomic E-state index is -0.478. The average molecular weight is 458 g/mol. The maximum absolute atomic E-state index is 10.6. The van der Waals surface area contributed by atoms with E-state index in [1.54, 1.807) is 17.5 Å². The third-order valence-electron chi connectivity index (χ3n) is 5.48. The van der Waals surface area contributed by atoms with E-state index in [2.05, 4.69) is 15.2 Å². The van der Waals surface area contributed by atoms with Crippen molar-refractivity contribution in [2.24, 2.45) is 5.92 Å². The summed E-state index contributed by atoms with van der Waals surface area (Å²) in [7, 11) is 0. The minimum absolute atomic E-state index is 0. The summed E-state index contributed by atoms with van der Waals surface area (Å²) in [6.45, 7) is 9.48. The molecular formula is C21H25N2O2SY-. The quantitative estimate of drug-likeness (QED) is 0.613. The van der Waals surface area contributed by atoms with Crippen LogP contribution in [0.2, 0.25) is 0 Å². The zero-order valence-electron chi connectivity index (χ0n) is 15.6. The van der Waals surface area contributed by atoms with Crippen LogP contribution in [0.3, 0.4) is 0 Å². The monoisotopic (exact) mass is 458 g/mol. The fourth-order valence-corrected chi connectivity index (χ4v) is 4.68. The molecule has 1 heterocycles. The Morgan fingerprint density at radius 2 is 2.11 bits per heavy atom. The van der Waals surface area contributed by atoms with Crippen LogP contribution in [0.4, 0.5) is 0 Å². The van der Waals surface area contributed by atoms with E-state index in [1.165, 1.54) is 0 Å². The molecule has 6 heteroatoms. The number of aliphatic hydroxyl groups is 2. The topological polar surface area (TPSA) is 57.7 Å². The van der Waals surface area contributed by atoms with Crippen LogP contribution >= 0.6 is 11.3 Å². The summed E-state index contributed by atoms with van der Waals surface area (Å²) < 4.78 is 0. The van der Waals surface area contributed by atoms with Crippen molar-refractivity contribution in [3.63, 3.8) is 0 Å². The van der Waals surface area contributed by atoms with Crippen molar-refractivity contribution in [1.29, 1.82) is 0 Å². The van der Waals surface area contributed by atoms with E-state index in [9.17, 15) is 10.2 Å². The molecule has 1 aliphatic rings. The van der Waals surface area contributed by atoms with E-state index in [0.29, 0.717) is 12.8 Å². The number of aromatic nitrogens is 1. The van der Waals surface area contributed by atoms with Gasteiger partial charge in [0.1, 0.15) is 0 Å². The molecule has 3 unspecified atom stereocenters. The van der Waals surface area contributed by atoms with Crippen molar-refractivity contribution in [3.05, 3.63) is 63.4 Å². The molecule has 141 valence electrons. The maximum Gasteiger partial charge on any atom is 0.229 e. The number of rotatable bonds is 7. The molecule has 1 aliphatic carbocycles. The van der Waals surface area contributed by atoms with E-state index in [-0.39, 0.29) is 50.6 Å². The first-order chi connectivity index (χ1) is 12.6. The van der Waals surface area contributed by atoms with Crippen molar-refractivity contribution in [2.45, 2.75) is 63.2 Å². The van der Waals surface area contributed by atoms with Crippen LogP contribution in [-0.2, 0) is 39.1 Å². The standard InChI is InChI=1S/C21H25N2O2S.Y/c1-3-18(24)14-7-9-15(10-8-14)21-16(17(22-2)13-19(21)25)5-4-6-20-23-11-12-26-20;/h7-11,16-19,21,24-25H,3-6,13H2,1H3;/q-1;/t16?,17-,18?,19-,21?;/m1./s1. The van der Waals surface area contributed by atoms with Gasteiger partial charge in [-0.2, -0.15) is 5.38 Å². The molecule has 0 bridgehead atoms. The number of hydrogen-bond donors (Lipinski definition) is 2. The summed E-state index contributed by atoms with van der Waals surface area (Å²) >= 11 is 1.55. The SMILES string of the molecule is [C-]#[N+][C@@H]1C[C@@H](O)C(c2ccc(C(O)CC)cc2)C1CCCc1nc[c-]s1.[Y]. The van der Waals surface area contributed by atoms with Gasteiger partial charge in [-0.05, 0) is 24.0 Å². The number of thiazole rings is 1. The van der Waals surface area contributed by atoms with Gasteiger partial charge in [-0.3, -0.25) is 0 Å². The Labute approximate surface area is 190 Å². The normalized spacial score (nSPS) is 25.6. The third kappa shape index (κ3) is 5.46. The first-order valence-electron chi connectivity index (χ1n) is 9.27. The molecule has 2 aromatic rings. The Balaban J connectivity index is 0.00000261. The van der Waals surface area contributed by atoms with Crippen LogP contribution in [0.15, 0.2) is 30.5 Å². The predicted molar refractivity (Wildman–Crippen MR) is 103 cm³/mol. The zero-order chi connectivity index (χ0) is 18.5. The fourth-order valence-electron chi connectivity index (χ4n) is 4.08. The molecule has 0 spiro atoms. The number of aryl methyl sites for hydroxylation is 1. The van der Waals surface area contributed by atoms with E-state index >= 15 is 0 Å². The molecule has 0 aliphatic heterocycles. The van der Waals surface area contributed by atoms with Gasteiger partial charge in [-0.1, -0.05) is 55.2 Å². The van der Waals surface area contributed by atoms with E-state index in [4.69, 9.17) is 6.57 Å².